The first kappa shape index (κ1) is 38.0. The highest BCUT2D eigenvalue weighted by molar-refractivity contribution is 5.81. The van der Waals surface area contributed by atoms with Crippen molar-refractivity contribution in [1.82, 2.24) is 10.2 Å². The molecule has 1 saturated carbocycles. The number of aliphatic hydroxyl groups is 1. The van der Waals surface area contributed by atoms with Gasteiger partial charge in [0, 0.05) is 23.4 Å². The number of carbonyl (C=O) groups is 1. The van der Waals surface area contributed by atoms with Crippen LogP contribution in [0.2, 0.25) is 0 Å². The number of carbonyl (C=O) groups excluding carboxylic acids is 1. The zero-order valence-electron chi connectivity index (χ0n) is 29.7. The average molecular weight is 639 g/mol. The fourth-order valence-electron chi connectivity index (χ4n) is 6.60. The van der Waals surface area contributed by atoms with Crippen LogP contribution in [0.4, 0.5) is 0 Å². The van der Waals surface area contributed by atoms with E-state index in [4.69, 9.17) is 4.74 Å². The van der Waals surface area contributed by atoms with Gasteiger partial charge >= 0.3 is 5.97 Å². The Morgan fingerprint density at radius 3 is 1.85 bits per heavy atom. The Morgan fingerprint density at radius 1 is 0.851 bits per heavy atom. The van der Waals surface area contributed by atoms with Crippen LogP contribution in [0, 0.1) is 17.8 Å². The monoisotopic (exact) mass is 638 g/mol. The molecule has 0 heterocycles. The van der Waals surface area contributed by atoms with Gasteiger partial charge in [-0.2, -0.15) is 0 Å². The summed E-state index contributed by atoms with van der Waals surface area (Å²) < 4.78 is 5.38. The zero-order valence-corrected chi connectivity index (χ0v) is 29.7. The molecule has 1 aliphatic carbocycles. The van der Waals surface area contributed by atoms with E-state index in [1.165, 1.54) is 11.1 Å². The Hall–Kier alpha value is -3.43. The molecule has 5 heteroatoms. The maximum atomic E-state index is 12.8. The summed E-state index contributed by atoms with van der Waals surface area (Å²) in [5.41, 5.74) is 1.98. The average Bonchev–Trinajstić information content (AvgIpc) is 3.09. The smallest absolute Gasteiger partial charge is 0.344 e. The quantitative estimate of drug-likeness (QED) is 0.154. The molecule has 3 aromatic rings. The summed E-state index contributed by atoms with van der Waals surface area (Å²) in [6.07, 6.45) is 6.02. The van der Waals surface area contributed by atoms with Crippen molar-refractivity contribution in [1.29, 1.82) is 0 Å². The van der Waals surface area contributed by atoms with E-state index in [1.54, 1.807) is 0 Å². The number of hydrogen-bond acceptors (Lipinski definition) is 5. The summed E-state index contributed by atoms with van der Waals surface area (Å²) in [6, 6.07) is 31.3. The molecule has 0 aromatic heterocycles. The Bertz CT molecular complexity index is 1310. The van der Waals surface area contributed by atoms with Crippen molar-refractivity contribution in [3.63, 3.8) is 0 Å². The van der Waals surface area contributed by atoms with Gasteiger partial charge in [0.1, 0.15) is 0 Å². The molecular formula is C42H58N2O3. The maximum absolute atomic E-state index is 12.8. The molecule has 0 aliphatic heterocycles. The lowest BCUT2D eigenvalue weighted by atomic mass is 9.73. The Morgan fingerprint density at radius 2 is 1.36 bits per heavy atom. The van der Waals surface area contributed by atoms with Crippen LogP contribution in [0.25, 0.3) is 0 Å². The molecule has 2 unspecified atom stereocenters. The van der Waals surface area contributed by atoms with Gasteiger partial charge in [-0.3, -0.25) is 4.90 Å². The fraction of sp³-hybridized carbons (Fsp3) is 0.500. The van der Waals surface area contributed by atoms with Crippen molar-refractivity contribution in [3.8, 4) is 11.8 Å². The first-order valence-corrected chi connectivity index (χ1v) is 17.6. The zero-order chi connectivity index (χ0) is 34.1. The van der Waals surface area contributed by atoms with Gasteiger partial charge in [-0.1, -0.05) is 136 Å². The van der Waals surface area contributed by atoms with E-state index in [0.29, 0.717) is 24.1 Å². The number of benzene rings is 3. The standard InChI is InChI=1S/C22H31NO3.C20H27N/c1-3-23(4-2)17-11-12-18-26-21(24)22(25,19-13-7-5-8-14-19)20-15-9-6-10-16-20;1-16(21-20(2,3)4)15-19(17-11-7-5-8-12-17)18-13-9-6-10-14-18/h5,7-8,13-14,20,25H,3-4,6,9-10,15-18H2,1-2H3;5-14,16,19,21H,15H2,1-4H3. The van der Waals surface area contributed by atoms with E-state index in [9.17, 15) is 9.90 Å². The molecule has 2 atom stereocenters. The summed E-state index contributed by atoms with van der Waals surface area (Å²) in [5.74, 6) is 5.69. The van der Waals surface area contributed by atoms with E-state index < -0.39 is 11.6 Å². The van der Waals surface area contributed by atoms with Crippen molar-refractivity contribution < 1.29 is 14.6 Å². The Kier molecular flexibility index (Phi) is 15.7. The van der Waals surface area contributed by atoms with Crippen molar-refractivity contribution in [3.05, 3.63) is 108 Å². The number of esters is 1. The fourth-order valence-corrected chi connectivity index (χ4v) is 6.60. The van der Waals surface area contributed by atoms with E-state index in [1.807, 2.05) is 30.3 Å². The molecule has 4 rings (SSSR count). The van der Waals surface area contributed by atoms with E-state index in [-0.39, 0.29) is 18.1 Å². The summed E-state index contributed by atoms with van der Waals surface area (Å²) >= 11 is 0. The van der Waals surface area contributed by atoms with Crippen LogP contribution < -0.4 is 5.32 Å². The lowest BCUT2D eigenvalue weighted by Gasteiger charge is -2.36. The molecule has 0 saturated heterocycles. The van der Waals surface area contributed by atoms with Gasteiger partial charge in [-0.25, -0.2) is 4.79 Å². The molecule has 1 aliphatic rings. The number of nitrogens with zero attached hydrogens (tertiary/aromatic N) is 1. The van der Waals surface area contributed by atoms with Gasteiger partial charge in [0.2, 0.25) is 0 Å². The van der Waals surface area contributed by atoms with Crippen LogP contribution in [0.1, 0.15) is 103 Å². The number of ether oxygens (including phenoxy) is 1. The topological polar surface area (TPSA) is 61.8 Å². The highest BCUT2D eigenvalue weighted by atomic mass is 16.5. The van der Waals surface area contributed by atoms with Crippen LogP contribution in [-0.2, 0) is 15.1 Å². The Balaban J connectivity index is 0.000000261. The second kappa shape index (κ2) is 19.4. The van der Waals surface area contributed by atoms with E-state index in [0.717, 1.165) is 51.6 Å². The van der Waals surface area contributed by atoms with Gasteiger partial charge in [-0.15, -0.1) is 0 Å². The van der Waals surface area contributed by atoms with Crippen molar-refractivity contribution in [2.75, 3.05) is 26.2 Å². The van der Waals surface area contributed by atoms with Crippen LogP contribution in [-0.4, -0.2) is 53.8 Å². The molecule has 0 spiro atoms. The molecule has 5 nitrogen and oxygen atoms in total. The Labute approximate surface area is 285 Å². The van der Waals surface area contributed by atoms with Crippen molar-refractivity contribution >= 4 is 5.97 Å². The molecule has 0 radical (unpaired) electrons. The minimum atomic E-state index is -1.58. The predicted molar refractivity (Wildman–Crippen MR) is 195 cm³/mol. The minimum Gasteiger partial charge on any atom is -0.450 e. The number of rotatable bonds is 12. The highest BCUT2D eigenvalue weighted by Crippen LogP contribution is 2.40. The molecule has 2 N–H and O–H groups in total. The molecule has 1 fully saturated rings. The van der Waals surface area contributed by atoms with E-state index >= 15 is 0 Å². The lowest BCUT2D eigenvalue weighted by molar-refractivity contribution is -0.174. The molecule has 0 bridgehead atoms. The molecule has 0 amide bonds. The molecular weight excluding hydrogens is 580 g/mol. The van der Waals surface area contributed by atoms with Crippen LogP contribution in [0.5, 0.6) is 0 Å². The first-order chi connectivity index (χ1) is 22.6. The third-order valence-corrected chi connectivity index (χ3v) is 8.99. The normalized spacial score (nSPS) is 15.5. The van der Waals surface area contributed by atoms with E-state index in [2.05, 4.69) is 124 Å². The third kappa shape index (κ3) is 12.3. The molecule has 3 aromatic carbocycles. The summed E-state index contributed by atoms with van der Waals surface area (Å²) in [5, 5.41) is 15.1. The summed E-state index contributed by atoms with van der Waals surface area (Å²) in [7, 11) is 0. The van der Waals surface area contributed by atoms with Gasteiger partial charge in [0.05, 0.1) is 6.54 Å². The van der Waals surface area contributed by atoms with Gasteiger partial charge in [-0.05, 0) is 76.7 Å². The number of hydrogen-bond donors (Lipinski definition) is 2. The van der Waals surface area contributed by atoms with Gasteiger partial charge < -0.3 is 15.2 Å². The largest absolute Gasteiger partial charge is 0.450 e. The van der Waals surface area contributed by atoms with Crippen molar-refractivity contribution in [2.24, 2.45) is 5.92 Å². The predicted octanol–water partition coefficient (Wildman–Crippen LogP) is 8.33. The summed E-state index contributed by atoms with van der Waals surface area (Å²) in [6.45, 7) is 15.7. The van der Waals surface area contributed by atoms with Crippen LogP contribution in [0.3, 0.4) is 0 Å². The number of nitrogens with one attached hydrogen (secondary N) is 1. The molecule has 254 valence electrons. The second-order valence-corrected chi connectivity index (χ2v) is 13.8. The second-order valence-electron chi connectivity index (χ2n) is 13.8. The van der Waals surface area contributed by atoms with Crippen LogP contribution >= 0.6 is 0 Å². The minimum absolute atomic E-state index is 0.0158. The first-order valence-electron chi connectivity index (χ1n) is 17.6. The maximum Gasteiger partial charge on any atom is 0.344 e. The highest BCUT2D eigenvalue weighted by Gasteiger charge is 2.47. The molecule has 47 heavy (non-hydrogen) atoms. The third-order valence-electron chi connectivity index (χ3n) is 8.99. The van der Waals surface area contributed by atoms with Crippen molar-refractivity contribution in [2.45, 2.75) is 103 Å². The summed E-state index contributed by atoms with van der Waals surface area (Å²) in [4.78, 5) is 15.0. The SMILES string of the molecule is CC(CC(c1ccccc1)c1ccccc1)NC(C)(C)C.CCN(CC)CC#CCOC(=O)C(O)(c1ccccc1)C1CCCCC1. The van der Waals surface area contributed by atoms with Gasteiger partial charge in [0.15, 0.2) is 12.2 Å². The lowest BCUT2D eigenvalue weighted by Crippen LogP contribution is -2.45. The van der Waals surface area contributed by atoms with Crippen LogP contribution in [0.15, 0.2) is 91.0 Å². The van der Waals surface area contributed by atoms with Gasteiger partial charge in [0.25, 0.3) is 0 Å².